The number of phenols is 1. The molecule has 0 bridgehead atoms. The van der Waals surface area contributed by atoms with Crippen molar-refractivity contribution < 1.29 is 14.5 Å². The molecule has 0 spiro atoms. The van der Waals surface area contributed by atoms with E-state index in [1.807, 2.05) is 6.92 Å². The average molecular weight is 435 g/mol. The molecule has 0 aliphatic rings. The zero-order valence-corrected chi connectivity index (χ0v) is 15.7. The van der Waals surface area contributed by atoms with Crippen LogP contribution < -0.4 is 11.2 Å². The second-order valence-corrected chi connectivity index (χ2v) is 6.34. The van der Waals surface area contributed by atoms with Gasteiger partial charge in [-0.15, -0.1) is 5.10 Å². The number of nitrogens with zero attached hydrogens (tertiary/aromatic N) is 6. The Morgan fingerprint density at radius 3 is 3.00 bits per heavy atom. The van der Waals surface area contributed by atoms with Crippen LogP contribution in [0.2, 0.25) is 0 Å². The highest BCUT2D eigenvalue weighted by Crippen LogP contribution is 2.20. The lowest BCUT2D eigenvalue weighted by atomic mass is 10.2. The molecule has 2 aromatic heterocycles. The van der Waals surface area contributed by atoms with E-state index in [0.29, 0.717) is 17.7 Å². The number of hydrogen-bond acceptors (Lipinski definition) is 9. The van der Waals surface area contributed by atoms with Crippen molar-refractivity contribution >= 4 is 33.9 Å². The molecule has 0 fully saturated rings. The van der Waals surface area contributed by atoms with Crippen LogP contribution in [-0.4, -0.2) is 42.5 Å². The molecular weight excluding hydrogens is 420 g/mol. The van der Waals surface area contributed by atoms with Gasteiger partial charge in [-0.3, -0.25) is 4.79 Å². The Morgan fingerprint density at radius 2 is 2.30 bits per heavy atom. The van der Waals surface area contributed by atoms with Crippen LogP contribution in [0.25, 0.3) is 5.82 Å². The van der Waals surface area contributed by atoms with Gasteiger partial charge in [-0.25, -0.2) is 10.1 Å². The number of carbonyl (C=O) groups excluding carboxylic acids is 1. The van der Waals surface area contributed by atoms with Gasteiger partial charge in [0.2, 0.25) is 11.6 Å². The Labute approximate surface area is 161 Å². The third kappa shape index (κ3) is 3.95. The first-order valence-electron chi connectivity index (χ1n) is 7.86. The zero-order valence-electron chi connectivity index (χ0n) is 14.1. The first kappa shape index (κ1) is 18.5. The maximum Gasteiger partial charge on any atom is 0.293 e. The number of anilines is 1. The van der Waals surface area contributed by atoms with E-state index in [0.717, 1.165) is 10.9 Å². The number of nitrogens with one attached hydrogen (secondary N) is 1. The predicted octanol–water partition coefficient (Wildman–Crippen LogP) is 1.42. The number of benzene rings is 1. The summed E-state index contributed by atoms with van der Waals surface area (Å²) in [6, 6.07) is 4.85. The SMILES string of the molecule is CCCc1c(C(=O)N/N=C\c2cc(Br)ccc2O)nnn1-c1nonc1N. The third-order valence-corrected chi connectivity index (χ3v) is 4.01. The van der Waals surface area contributed by atoms with Crippen molar-refractivity contribution in [3.63, 3.8) is 0 Å². The Morgan fingerprint density at radius 1 is 1.48 bits per heavy atom. The summed E-state index contributed by atoms with van der Waals surface area (Å²) in [5.74, 6) is -0.340. The number of phenolic OH excluding ortho intramolecular Hbond substituents is 1. The molecule has 4 N–H and O–H groups in total. The van der Waals surface area contributed by atoms with Crippen LogP contribution in [0.3, 0.4) is 0 Å². The van der Waals surface area contributed by atoms with E-state index in [-0.39, 0.29) is 23.1 Å². The van der Waals surface area contributed by atoms with E-state index in [9.17, 15) is 9.90 Å². The monoisotopic (exact) mass is 434 g/mol. The normalized spacial score (nSPS) is 11.2. The molecular formula is C15H15BrN8O3. The lowest BCUT2D eigenvalue weighted by Crippen LogP contribution is -2.20. The van der Waals surface area contributed by atoms with Crippen LogP contribution in [0.5, 0.6) is 5.75 Å². The molecule has 0 atom stereocenters. The number of aromatic hydroxyl groups is 1. The quantitative estimate of drug-likeness (QED) is 0.388. The van der Waals surface area contributed by atoms with Crippen molar-refractivity contribution in [3.8, 4) is 11.6 Å². The largest absolute Gasteiger partial charge is 0.507 e. The van der Waals surface area contributed by atoms with E-state index in [2.05, 4.69) is 51.7 Å². The fourth-order valence-corrected chi connectivity index (χ4v) is 2.67. The summed E-state index contributed by atoms with van der Waals surface area (Å²) in [5.41, 5.74) is 9.06. The third-order valence-electron chi connectivity index (χ3n) is 3.52. The molecule has 27 heavy (non-hydrogen) atoms. The Hall–Kier alpha value is -3.28. The Bertz CT molecular complexity index is 997. The molecule has 12 heteroatoms. The standard InChI is InChI=1S/C15H15BrN8O3/c1-2-3-10-12(19-23-24(10)14-13(17)21-27-22-14)15(26)20-18-7-8-6-9(16)4-5-11(8)25/h4-7,25H,2-3H2,1H3,(H2,17,21)(H,20,26)/b18-7-. The van der Waals surface area contributed by atoms with Crippen LogP contribution >= 0.6 is 15.9 Å². The summed E-state index contributed by atoms with van der Waals surface area (Å²) in [7, 11) is 0. The van der Waals surface area contributed by atoms with Crippen LogP contribution in [0, 0.1) is 0 Å². The smallest absolute Gasteiger partial charge is 0.293 e. The van der Waals surface area contributed by atoms with E-state index >= 15 is 0 Å². The molecule has 0 saturated heterocycles. The summed E-state index contributed by atoms with van der Waals surface area (Å²) in [5, 5.41) is 28.6. The van der Waals surface area contributed by atoms with E-state index in [1.54, 1.807) is 12.1 Å². The van der Waals surface area contributed by atoms with Crippen LogP contribution in [-0.2, 0) is 6.42 Å². The van der Waals surface area contributed by atoms with Crippen molar-refractivity contribution in [2.45, 2.75) is 19.8 Å². The number of rotatable bonds is 6. The zero-order chi connectivity index (χ0) is 19.4. The Balaban J connectivity index is 1.82. The average Bonchev–Trinajstić information content (AvgIpc) is 3.24. The van der Waals surface area contributed by atoms with Gasteiger partial charge in [-0.05, 0) is 34.9 Å². The molecule has 3 aromatic rings. The van der Waals surface area contributed by atoms with Crippen LogP contribution in [0.1, 0.15) is 35.1 Å². The second-order valence-electron chi connectivity index (χ2n) is 5.42. The van der Waals surface area contributed by atoms with Crippen molar-refractivity contribution in [3.05, 3.63) is 39.6 Å². The number of hydrazone groups is 1. The lowest BCUT2D eigenvalue weighted by Gasteiger charge is -2.03. The Kier molecular flexibility index (Phi) is 5.45. The van der Waals surface area contributed by atoms with Gasteiger partial charge in [0.1, 0.15) is 5.75 Å². The molecule has 1 amide bonds. The van der Waals surface area contributed by atoms with Crippen molar-refractivity contribution in [2.75, 3.05) is 5.73 Å². The number of halogens is 1. The van der Waals surface area contributed by atoms with Gasteiger partial charge in [0.25, 0.3) is 5.91 Å². The van der Waals surface area contributed by atoms with Gasteiger partial charge in [0.15, 0.2) is 5.69 Å². The van der Waals surface area contributed by atoms with Crippen molar-refractivity contribution in [1.82, 2.24) is 30.7 Å². The number of nitrogens with two attached hydrogens (primary N) is 1. The molecule has 2 heterocycles. The number of hydrogen-bond donors (Lipinski definition) is 3. The first-order valence-corrected chi connectivity index (χ1v) is 8.65. The summed E-state index contributed by atoms with van der Waals surface area (Å²) < 4.78 is 6.65. The van der Waals surface area contributed by atoms with E-state index in [1.165, 1.54) is 17.0 Å². The minimum absolute atomic E-state index is 0.0304. The molecule has 0 saturated carbocycles. The van der Waals surface area contributed by atoms with Gasteiger partial charge in [0, 0.05) is 10.0 Å². The van der Waals surface area contributed by atoms with Gasteiger partial charge < -0.3 is 10.8 Å². The maximum atomic E-state index is 12.4. The lowest BCUT2D eigenvalue weighted by molar-refractivity contribution is 0.0949. The van der Waals surface area contributed by atoms with Gasteiger partial charge in [0.05, 0.1) is 11.9 Å². The number of nitrogen functional groups attached to an aromatic ring is 1. The predicted molar refractivity (Wildman–Crippen MR) is 98.5 cm³/mol. The fraction of sp³-hybridized carbons (Fsp3) is 0.200. The van der Waals surface area contributed by atoms with Crippen molar-refractivity contribution in [1.29, 1.82) is 0 Å². The number of amides is 1. The van der Waals surface area contributed by atoms with Crippen molar-refractivity contribution in [2.24, 2.45) is 5.10 Å². The summed E-state index contributed by atoms with van der Waals surface area (Å²) in [4.78, 5) is 12.4. The van der Waals surface area contributed by atoms with Gasteiger partial charge in [-0.2, -0.15) is 9.78 Å². The minimum Gasteiger partial charge on any atom is -0.507 e. The number of aromatic nitrogens is 5. The van der Waals surface area contributed by atoms with Crippen LogP contribution in [0.15, 0.2) is 32.4 Å². The topological polar surface area (TPSA) is 157 Å². The summed E-state index contributed by atoms with van der Waals surface area (Å²) >= 11 is 3.30. The molecule has 0 aliphatic heterocycles. The second kappa shape index (κ2) is 7.95. The molecule has 0 unspecified atom stereocenters. The summed E-state index contributed by atoms with van der Waals surface area (Å²) in [6.07, 6.45) is 2.55. The number of carbonyl (C=O) groups is 1. The maximum absolute atomic E-state index is 12.4. The first-order chi connectivity index (χ1) is 13.0. The molecule has 3 rings (SSSR count). The minimum atomic E-state index is -0.564. The highest BCUT2D eigenvalue weighted by atomic mass is 79.9. The molecule has 1 aromatic carbocycles. The molecule has 0 radical (unpaired) electrons. The van der Waals surface area contributed by atoms with E-state index in [4.69, 9.17) is 5.73 Å². The van der Waals surface area contributed by atoms with Gasteiger partial charge >= 0.3 is 0 Å². The fourth-order valence-electron chi connectivity index (χ4n) is 2.29. The van der Waals surface area contributed by atoms with Crippen LogP contribution in [0.4, 0.5) is 5.82 Å². The summed E-state index contributed by atoms with van der Waals surface area (Å²) in [6.45, 7) is 1.94. The molecule has 11 nitrogen and oxygen atoms in total. The highest BCUT2D eigenvalue weighted by molar-refractivity contribution is 9.10. The highest BCUT2D eigenvalue weighted by Gasteiger charge is 2.23. The molecule has 0 aliphatic carbocycles. The molecule has 140 valence electrons. The van der Waals surface area contributed by atoms with Gasteiger partial charge in [-0.1, -0.05) is 34.5 Å². The van der Waals surface area contributed by atoms with E-state index < -0.39 is 5.91 Å².